The highest BCUT2D eigenvalue weighted by Crippen LogP contribution is 2.28. The van der Waals surface area contributed by atoms with Gasteiger partial charge in [0.05, 0.1) is 0 Å². The number of halogens is 4. The van der Waals surface area contributed by atoms with E-state index in [1.807, 2.05) is 0 Å². The van der Waals surface area contributed by atoms with E-state index in [-0.39, 0.29) is 0 Å². The Morgan fingerprint density at radius 2 is 1.19 bits per heavy atom. The lowest BCUT2D eigenvalue weighted by molar-refractivity contribution is 0.0680. The lowest BCUT2D eigenvalue weighted by atomic mass is 10.1. The molecular weight excluding hydrogens is 253 g/mol. The zero-order valence-corrected chi connectivity index (χ0v) is 7.98. The highest BCUT2D eigenvalue weighted by Gasteiger charge is 2.31. The molecule has 0 fully saturated rings. The quantitative estimate of drug-likeness (QED) is 0.626. The van der Waals surface area contributed by atoms with Crippen LogP contribution in [0.15, 0.2) is 0 Å². The Balaban J connectivity index is 3.80. The lowest BCUT2D eigenvalue weighted by Crippen LogP contribution is -2.14. The van der Waals surface area contributed by atoms with Crippen LogP contribution in [0, 0.1) is 17.5 Å². The molecule has 0 aromatic heterocycles. The molecular formula is C8H2ClF3O4. The van der Waals surface area contributed by atoms with Gasteiger partial charge in [-0.15, -0.1) is 0 Å². The van der Waals surface area contributed by atoms with Crippen LogP contribution in [0.4, 0.5) is 13.2 Å². The summed E-state index contributed by atoms with van der Waals surface area (Å²) in [7, 11) is 0. The second kappa shape index (κ2) is 4.01. The summed E-state index contributed by atoms with van der Waals surface area (Å²) >= 11 is 5.00. The average molecular weight is 255 g/mol. The van der Waals surface area contributed by atoms with Gasteiger partial charge in [-0.3, -0.25) is 0 Å². The Kier molecular flexibility index (Phi) is 3.09. The van der Waals surface area contributed by atoms with Gasteiger partial charge in [-0.25, -0.2) is 22.8 Å². The molecule has 0 aliphatic rings. The molecule has 1 rings (SSSR count). The van der Waals surface area contributed by atoms with E-state index in [1.165, 1.54) is 0 Å². The van der Waals surface area contributed by atoms with Gasteiger partial charge in [0, 0.05) is 0 Å². The summed E-state index contributed by atoms with van der Waals surface area (Å²) in [6.45, 7) is 0. The van der Waals surface area contributed by atoms with E-state index in [1.54, 1.807) is 0 Å². The maximum atomic E-state index is 13.2. The fraction of sp³-hybridized carbons (Fsp3) is 0. The van der Waals surface area contributed by atoms with Crippen molar-refractivity contribution >= 4 is 23.5 Å². The Hall–Kier alpha value is -1.76. The van der Waals surface area contributed by atoms with E-state index in [4.69, 9.17) is 21.8 Å². The van der Waals surface area contributed by atoms with Crippen molar-refractivity contribution in [2.24, 2.45) is 0 Å². The molecule has 86 valence electrons. The fourth-order valence-corrected chi connectivity index (χ4v) is 1.20. The highest BCUT2D eigenvalue weighted by molar-refractivity contribution is 6.31. The zero-order valence-electron chi connectivity index (χ0n) is 7.22. The predicted octanol–water partition coefficient (Wildman–Crippen LogP) is 2.15. The van der Waals surface area contributed by atoms with Crippen molar-refractivity contribution in [1.29, 1.82) is 0 Å². The fourth-order valence-electron chi connectivity index (χ4n) is 1.01. The van der Waals surface area contributed by atoms with Crippen LogP contribution in [0.3, 0.4) is 0 Å². The van der Waals surface area contributed by atoms with Gasteiger partial charge in [0.25, 0.3) is 0 Å². The summed E-state index contributed by atoms with van der Waals surface area (Å²) in [5.41, 5.74) is -3.22. The Labute approximate surface area is 90.9 Å². The molecule has 8 heteroatoms. The van der Waals surface area contributed by atoms with Crippen molar-refractivity contribution in [1.82, 2.24) is 0 Å². The number of carboxylic acids is 2. The molecule has 0 spiro atoms. The van der Waals surface area contributed by atoms with Crippen LogP contribution in [0.5, 0.6) is 0 Å². The van der Waals surface area contributed by atoms with Crippen molar-refractivity contribution in [3.8, 4) is 0 Å². The van der Waals surface area contributed by atoms with E-state index in [2.05, 4.69) is 0 Å². The highest BCUT2D eigenvalue weighted by atomic mass is 35.5. The Bertz CT molecular complexity index is 460. The van der Waals surface area contributed by atoms with Crippen LogP contribution >= 0.6 is 11.6 Å². The number of carboxylic acid groups (broad SMARTS) is 2. The summed E-state index contributed by atoms with van der Waals surface area (Å²) in [6, 6.07) is 0. The first-order valence-electron chi connectivity index (χ1n) is 3.61. The third kappa shape index (κ3) is 1.69. The van der Waals surface area contributed by atoms with Crippen LogP contribution in [-0.4, -0.2) is 22.2 Å². The van der Waals surface area contributed by atoms with Crippen LogP contribution < -0.4 is 0 Å². The molecule has 4 nitrogen and oxygen atoms in total. The van der Waals surface area contributed by atoms with Gasteiger partial charge < -0.3 is 10.2 Å². The van der Waals surface area contributed by atoms with E-state index < -0.39 is 45.5 Å². The van der Waals surface area contributed by atoms with Gasteiger partial charge in [-0.2, -0.15) is 0 Å². The van der Waals surface area contributed by atoms with Crippen LogP contribution in [0.2, 0.25) is 5.02 Å². The second-order valence-corrected chi connectivity index (χ2v) is 2.99. The van der Waals surface area contributed by atoms with Crippen molar-refractivity contribution in [2.45, 2.75) is 0 Å². The summed E-state index contributed by atoms with van der Waals surface area (Å²) in [5.74, 6) is -9.89. The van der Waals surface area contributed by atoms with Crippen molar-refractivity contribution in [3.05, 3.63) is 33.6 Å². The first kappa shape index (κ1) is 12.3. The van der Waals surface area contributed by atoms with Crippen LogP contribution in [-0.2, 0) is 0 Å². The molecule has 0 unspecified atom stereocenters. The summed E-state index contributed by atoms with van der Waals surface area (Å²) in [4.78, 5) is 20.9. The van der Waals surface area contributed by atoms with Gasteiger partial charge in [0.15, 0.2) is 17.5 Å². The van der Waals surface area contributed by atoms with Crippen LogP contribution in [0.25, 0.3) is 0 Å². The van der Waals surface area contributed by atoms with E-state index in [9.17, 15) is 22.8 Å². The number of benzene rings is 1. The molecule has 0 aliphatic carbocycles. The topological polar surface area (TPSA) is 74.6 Å². The number of carbonyl (C=O) groups is 2. The minimum atomic E-state index is -2.08. The molecule has 0 saturated heterocycles. The van der Waals surface area contributed by atoms with Gasteiger partial charge in [-0.05, 0) is 0 Å². The first-order chi connectivity index (χ1) is 7.29. The predicted molar refractivity (Wildman–Crippen MR) is 45.2 cm³/mol. The molecule has 0 atom stereocenters. The molecule has 1 aromatic carbocycles. The number of hydrogen-bond donors (Lipinski definition) is 2. The van der Waals surface area contributed by atoms with E-state index >= 15 is 0 Å². The SMILES string of the molecule is O=C(O)c1c(F)c(Cl)c(F)c(C(=O)O)c1F. The zero-order chi connectivity index (χ0) is 12.6. The van der Waals surface area contributed by atoms with Gasteiger partial charge >= 0.3 is 11.9 Å². The molecule has 1 aromatic rings. The third-order valence-corrected chi connectivity index (χ3v) is 2.02. The number of aromatic carboxylic acids is 2. The number of hydrogen-bond acceptors (Lipinski definition) is 2. The molecule has 0 heterocycles. The van der Waals surface area contributed by atoms with Gasteiger partial charge in [0.2, 0.25) is 0 Å². The third-order valence-electron chi connectivity index (χ3n) is 1.69. The Morgan fingerprint density at radius 1 is 0.875 bits per heavy atom. The van der Waals surface area contributed by atoms with Gasteiger partial charge in [0.1, 0.15) is 16.1 Å². The molecule has 16 heavy (non-hydrogen) atoms. The van der Waals surface area contributed by atoms with Crippen molar-refractivity contribution in [3.63, 3.8) is 0 Å². The molecule has 0 amide bonds. The average Bonchev–Trinajstić information content (AvgIpc) is 2.13. The van der Waals surface area contributed by atoms with Crippen molar-refractivity contribution in [2.75, 3.05) is 0 Å². The minimum absolute atomic E-state index is 1.38. The largest absolute Gasteiger partial charge is 0.477 e. The van der Waals surface area contributed by atoms with E-state index in [0.29, 0.717) is 0 Å². The summed E-state index contributed by atoms with van der Waals surface area (Å²) < 4.78 is 39.2. The summed E-state index contributed by atoms with van der Waals surface area (Å²) in [6.07, 6.45) is 0. The normalized spacial score (nSPS) is 10.2. The molecule has 2 N–H and O–H groups in total. The van der Waals surface area contributed by atoms with E-state index in [0.717, 1.165) is 0 Å². The van der Waals surface area contributed by atoms with Gasteiger partial charge in [-0.1, -0.05) is 11.6 Å². The lowest BCUT2D eigenvalue weighted by Gasteiger charge is -2.06. The second-order valence-electron chi connectivity index (χ2n) is 2.62. The van der Waals surface area contributed by atoms with Crippen molar-refractivity contribution < 1.29 is 33.0 Å². The molecule has 0 bridgehead atoms. The summed E-state index contributed by atoms with van der Waals surface area (Å²) in [5, 5.41) is 15.4. The Morgan fingerprint density at radius 3 is 1.44 bits per heavy atom. The monoisotopic (exact) mass is 254 g/mol. The molecule has 0 saturated carbocycles. The maximum Gasteiger partial charge on any atom is 0.341 e. The molecule has 0 radical (unpaired) electrons. The maximum absolute atomic E-state index is 13.2. The molecule has 0 aliphatic heterocycles. The standard InChI is InChI=1S/C8H2ClF3O4/c9-3-5(11)1(7(13)14)4(10)2(6(3)12)8(15)16/h(H,13,14)(H,15,16). The number of rotatable bonds is 2. The smallest absolute Gasteiger partial charge is 0.341 e. The minimum Gasteiger partial charge on any atom is -0.477 e. The van der Waals surface area contributed by atoms with Crippen LogP contribution in [0.1, 0.15) is 20.7 Å². The first-order valence-corrected chi connectivity index (χ1v) is 3.99.